The normalized spacial score (nSPS) is 23.4. The fourth-order valence-electron chi connectivity index (χ4n) is 1.34. The molecule has 4 heteroatoms. The number of rotatable bonds is 1. The van der Waals surface area contributed by atoms with E-state index in [1.807, 2.05) is 12.1 Å². The molecule has 0 bridgehead atoms. The predicted molar refractivity (Wildman–Crippen MR) is 52.4 cm³/mol. The fourth-order valence-corrected chi connectivity index (χ4v) is 2.86. The molecule has 1 atom stereocenters. The Balaban J connectivity index is 2.24. The molecule has 1 aliphatic rings. The van der Waals surface area contributed by atoms with Gasteiger partial charge in [0.1, 0.15) is 6.04 Å². The molecule has 0 aliphatic carbocycles. The largest absolute Gasteiger partial charge is 0.303 e. The summed E-state index contributed by atoms with van der Waals surface area (Å²) in [6.45, 7) is 0.818. The highest BCUT2D eigenvalue weighted by Crippen LogP contribution is 2.29. The van der Waals surface area contributed by atoms with E-state index in [4.69, 9.17) is 0 Å². The third-order valence-electron chi connectivity index (χ3n) is 1.92. The Hall–Kier alpha value is -0.190. The van der Waals surface area contributed by atoms with Crippen LogP contribution >= 0.6 is 27.3 Å². The maximum absolute atomic E-state index is 11.3. The first-order valence-electron chi connectivity index (χ1n) is 3.79. The SMILES string of the molecule is O=C1CCNC1c1ccc(Br)s1. The van der Waals surface area contributed by atoms with Crippen LogP contribution in [0.3, 0.4) is 0 Å². The summed E-state index contributed by atoms with van der Waals surface area (Å²) in [6.07, 6.45) is 0.667. The molecule has 0 spiro atoms. The van der Waals surface area contributed by atoms with E-state index in [1.54, 1.807) is 11.3 Å². The van der Waals surface area contributed by atoms with E-state index in [1.165, 1.54) is 0 Å². The Kier molecular flexibility index (Phi) is 2.30. The van der Waals surface area contributed by atoms with E-state index in [9.17, 15) is 4.79 Å². The van der Waals surface area contributed by atoms with Crippen molar-refractivity contribution in [2.45, 2.75) is 12.5 Å². The lowest BCUT2D eigenvalue weighted by atomic mass is 10.2. The smallest absolute Gasteiger partial charge is 0.156 e. The molecule has 1 aromatic rings. The minimum atomic E-state index is -0.0405. The number of hydrogen-bond acceptors (Lipinski definition) is 3. The summed E-state index contributed by atoms with van der Waals surface area (Å²) in [6, 6.07) is 3.93. The number of hydrogen-bond donors (Lipinski definition) is 1. The Morgan fingerprint density at radius 1 is 1.58 bits per heavy atom. The van der Waals surface area contributed by atoms with E-state index in [-0.39, 0.29) is 6.04 Å². The van der Waals surface area contributed by atoms with Crippen LogP contribution in [0.2, 0.25) is 0 Å². The molecule has 12 heavy (non-hydrogen) atoms. The highest BCUT2D eigenvalue weighted by Gasteiger charge is 2.26. The van der Waals surface area contributed by atoms with Crippen molar-refractivity contribution >= 4 is 33.0 Å². The van der Waals surface area contributed by atoms with Gasteiger partial charge in [0.15, 0.2) is 5.78 Å². The van der Waals surface area contributed by atoms with Crippen molar-refractivity contribution in [3.63, 3.8) is 0 Å². The maximum atomic E-state index is 11.3. The van der Waals surface area contributed by atoms with Crippen LogP contribution < -0.4 is 5.32 Å². The molecule has 1 fully saturated rings. The lowest BCUT2D eigenvalue weighted by Crippen LogP contribution is -2.15. The van der Waals surface area contributed by atoms with Gasteiger partial charge in [-0.15, -0.1) is 11.3 Å². The molecule has 1 N–H and O–H groups in total. The third kappa shape index (κ3) is 1.46. The summed E-state index contributed by atoms with van der Waals surface area (Å²) < 4.78 is 1.08. The number of carbonyl (C=O) groups is 1. The molecule has 0 amide bonds. The standard InChI is InChI=1S/C8H8BrNOS/c9-7-2-1-6(12-7)8-5(11)3-4-10-8/h1-2,8,10H,3-4H2. The van der Waals surface area contributed by atoms with Crippen LogP contribution in [0.25, 0.3) is 0 Å². The van der Waals surface area contributed by atoms with Crippen LogP contribution in [0.1, 0.15) is 17.3 Å². The number of carbonyl (C=O) groups excluding carboxylic acids is 1. The molecule has 2 nitrogen and oxygen atoms in total. The van der Waals surface area contributed by atoms with Crippen LogP contribution in [0.4, 0.5) is 0 Å². The van der Waals surface area contributed by atoms with E-state index in [2.05, 4.69) is 21.2 Å². The van der Waals surface area contributed by atoms with Gasteiger partial charge in [-0.25, -0.2) is 0 Å². The number of halogens is 1. The average molecular weight is 246 g/mol. The zero-order valence-electron chi connectivity index (χ0n) is 6.34. The Morgan fingerprint density at radius 3 is 2.92 bits per heavy atom. The van der Waals surface area contributed by atoms with Gasteiger partial charge in [0.25, 0.3) is 0 Å². The van der Waals surface area contributed by atoms with Gasteiger partial charge in [0.2, 0.25) is 0 Å². The summed E-state index contributed by atoms with van der Waals surface area (Å²) in [5.41, 5.74) is 0. The van der Waals surface area contributed by atoms with E-state index in [0.29, 0.717) is 12.2 Å². The Bertz CT molecular complexity index is 310. The quantitative estimate of drug-likeness (QED) is 0.822. The molecular formula is C8H8BrNOS. The highest BCUT2D eigenvalue weighted by atomic mass is 79.9. The molecular weight excluding hydrogens is 238 g/mol. The van der Waals surface area contributed by atoms with Crippen LogP contribution in [-0.4, -0.2) is 12.3 Å². The predicted octanol–water partition coefficient (Wildman–Crippen LogP) is 2.11. The van der Waals surface area contributed by atoms with Crippen molar-refractivity contribution in [1.82, 2.24) is 5.32 Å². The molecule has 0 aromatic carbocycles. The highest BCUT2D eigenvalue weighted by molar-refractivity contribution is 9.11. The fraction of sp³-hybridized carbons (Fsp3) is 0.375. The Labute approximate surface area is 83.1 Å². The van der Waals surface area contributed by atoms with E-state index >= 15 is 0 Å². The molecule has 2 heterocycles. The first-order valence-corrected chi connectivity index (χ1v) is 5.39. The van der Waals surface area contributed by atoms with Crippen molar-refractivity contribution in [2.75, 3.05) is 6.54 Å². The summed E-state index contributed by atoms with van der Waals surface area (Å²) in [4.78, 5) is 12.4. The van der Waals surface area contributed by atoms with Gasteiger partial charge in [-0.3, -0.25) is 4.79 Å². The van der Waals surface area contributed by atoms with Gasteiger partial charge in [-0.05, 0) is 28.1 Å². The second kappa shape index (κ2) is 3.28. The number of thiophene rings is 1. The third-order valence-corrected chi connectivity index (χ3v) is 3.61. The summed E-state index contributed by atoms with van der Waals surface area (Å²) in [5, 5.41) is 3.18. The molecule has 1 saturated heterocycles. The second-order valence-electron chi connectivity index (χ2n) is 2.75. The lowest BCUT2D eigenvalue weighted by Gasteiger charge is -2.03. The van der Waals surface area contributed by atoms with E-state index in [0.717, 1.165) is 15.2 Å². The van der Waals surface area contributed by atoms with Gasteiger partial charge >= 0.3 is 0 Å². The molecule has 1 aliphatic heterocycles. The van der Waals surface area contributed by atoms with Crippen molar-refractivity contribution < 1.29 is 4.79 Å². The van der Waals surface area contributed by atoms with E-state index < -0.39 is 0 Å². The zero-order chi connectivity index (χ0) is 8.55. The van der Waals surface area contributed by atoms with Crippen LogP contribution in [0.5, 0.6) is 0 Å². The van der Waals surface area contributed by atoms with Crippen molar-refractivity contribution in [3.8, 4) is 0 Å². The van der Waals surface area contributed by atoms with Crippen LogP contribution in [-0.2, 0) is 4.79 Å². The first-order chi connectivity index (χ1) is 5.77. The summed E-state index contributed by atoms with van der Waals surface area (Å²) >= 11 is 5.00. The first kappa shape index (κ1) is 8.41. The minimum Gasteiger partial charge on any atom is -0.303 e. The van der Waals surface area contributed by atoms with Crippen molar-refractivity contribution in [1.29, 1.82) is 0 Å². The lowest BCUT2D eigenvalue weighted by molar-refractivity contribution is -0.118. The van der Waals surface area contributed by atoms with Gasteiger partial charge < -0.3 is 5.32 Å². The molecule has 2 rings (SSSR count). The minimum absolute atomic E-state index is 0.0405. The van der Waals surface area contributed by atoms with Gasteiger partial charge in [0, 0.05) is 17.8 Å². The van der Waals surface area contributed by atoms with Crippen LogP contribution in [0.15, 0.2) is 15.9 Å². The molecule has 64 valence electrons. The second-order valence-corrected chi connectivity index (χ2v) is 5.24. The Morgan fingerprint density at radius 2 is 2.42 bits per heavy atom. The molecule has 0 saturated carbocycles. The van der Waals surface area contributed by atoms with Crippen molar-refractivity contribution in [2.24, 2.45) is 0 Å². The average Bonchev–Trinajstić information content (AvgIpc) is 2.58. The van der Waals surface area contributed by atoms with Crippen LogP contribution in [0, 0.1) is 0 Å². The van der Waals surface area contributed by atoms with Gasteiger partial charge in [0.05, 0.1) is 3.79 Å². The topological polar surface area (TPSA) is 29.1 Å². The molecule has 1 unspecified atom stereocenters. The monoisotopic (exact) mass is 245 g/mol. The number of ketones is 1. The van der Waals surface area contributed by atoms with Gasteiger partial charge in [-0.1, -0.05) is 0 Å². The zero-order valence-corrected chi connectivity index (χ0v) is 8.74. The number of nitrogens with one attached hydrogen (secondary N) is 1. The van der Waals surface area contributed by atoms with Gasteiger partial charge in [-0.2, -0.15) is 0 Å². The molecule has 0 radical (unpaired) electrons. The maximum Gasteiger partial charge on any atom is 0.156 e. The molecule has 1 aromatic heterocycles. The number of Topliss-reactive ketones (excluding diaryl/α,β-unsaturated/α-hetero) is 1. The van der Waals surface area contributed by atoms with Crippen molar-refractivity contribution in [3.05, 3.63) is 20.8 Å². The summed E-state index contributed by atoms with van der Waals surface area (Å²) in [7, 11) is 0. The summed E-state index contributed by atoms with van der Waals surface area (Å²) in [5.74, 6) is 0.310.